The van der Waals surface area contributed by atoms with E-state index in [-0.39, 0.29) is 5.91 Å². The van der Waals surface area contributed by atoms with Gasteiger partial charge < -0.3 is 14.6 Å². The van der Waals surface area contributed by atoms with E-state index >= 15 is 0 Å². The van der Waals surface area contributed by atoms with E-state index in [4.69, 9.17) is 16.3 Å². The largest absolute Gasteiger partial charge is 0.480 e. The summed E-state index contributed by atoms with van der Waals surface area (Å²) in [6, 6.07) is 5.43. The van der Waals surface area contributed by atoms with Gasteiger partial charge in [-0.2, -0.15) is 0 Å². The molecule has 0 saturated heterocycles. The predicted molar refractivity (Wildman–Crippen MR) is 79.4 cm³/mol. The van der Waals surface area contributed by atoms with Crippen molar-refractivity contribution < 1.29 is 9.53 Å². The Morgan fingerprint density at radius 1 is 1.52 bits per heavy atom. The van der Waals surface area contributed by atoms with Crippen molar-refractivity contribution in [2.75, 3.05) is 6.54 Å². The van der Waals surface area contributed by atoms with E-state index in [1.165, 1.54) is 0 Å². The highest BCUT2D eigenvalue weighted by Gasteiger charge is 2.28. The number of halogens is 1. The first-order valence-corrected chi connectivity index (χ1v) is 7.29. The molecular formula is C15H16ClN3O2. The van der Waals surface area contributed by atoms with Gasteiger partial charge in [-0.05, 0) is 30.2 Å². The number of aryl methyl sites for hydroxylation is 1. The van der Waals surface area contributed by atoms with Crippen LogP contribution in [-0.4, -0.2) is 28.1 Å². The Bertz CT molecular complexity index is 628. The third-order valence-electron chi connectivity index (χ3n) is 3.44. The van der Waals surface area contributed by atoms with E-state index < -0.39 is 6.10 Å². The molecule has 0 saturated carbocycles. The molecule has 0 bridgehead atoms. The molecule has 2 heterocycles. The number of benzene rings is 1. The van der Waals surface area contributed by atoms with Crippen LogP contribution in [-0.2, 0) is 17.8 Å². The first-order chi connectivity index (χ1) is 10.2. The zero-order chi connectivity index (χ0) is 14.7. The van der Waals surface area contributed by atoms with Gasteiger partial charge >= 0.3 is 0 Å². The molecule has 0 fully saturated rings. The highest BCUT2D eigenvalue weighted by atomic mass is 35.5. The fraction of sp³-hybridized carbons (Fsp3) is 0.333. The Kier molecular flexibility index (Phi) is 4.10. The first-order valence-electron chi connectivity index (χ1n) is 6.91. The van der Waals surface area contributed by atoms with E-state index in [0.717, 1.165) is 24.3 Å². The van der Waals surface area contributed by atoms with Gasteiger partial charge in [0.05, 0.1) is 6.33 Å². The SMILES string of the molecule is O=C(NCCCn1ccnc1)[C@H]1Cc2cc(Cl)ccc2O1. The summed E-state index contributed by atoms with van der Waals surface area (Å²) in [7, 11) is 0. The lowest BCUT2D eigenvalue weighted by molar-refractivity contribution is -0.127. The number of ether oxygens (including phenoxy) is 1. The lowest BCUT2D eigenvalue weighted by Crippen LogP contribution is -2.38. The molecule has 0 spiro atoms. The molecule has 1 aliphatic heterocycles. The number of hydrogen-bond donors (Lipinski definition) is 1. The van der Waals surface area contributed by atoms with Crippen molar-refractivity contribution in [3.05, 3.63) is 47.5 Å². The maximum atomic E-state index is 12.1. The fourth-order valence-corrected chi connectivity index (χ4v) is 2.56. The summed E-state index contributed by atoms with van der Waals surface area (Å²) in [6.07, 6.45) is 6.39. The van der Waals surface area contributed by atoms with Gasteiger partial charge in [0.15, 0.2) is 6.10 Å². The van der Waals surface area contributed by atoms with E-state index in [1.54, 1.807) is 18.6 Å². The summed E-state index contributed by atoms with van der Waals surface area (Å²) < 4.78 is 7.62. The van der Waals surface area contributed by atoms with Crippen molar-refractivity contribution in [2.24, 2.45) is 0 Å². The van der Waals surface area contributed by atoms with E-state index in [9.17, 15) is 4.79 Å². The summed E-state index contributed by atoms with van der Waals surface area (Å²) >= 11 is 5.94. The molecule has 0 unspecified atom stereocenters. The molecule has 1 N–H and O–H groups in total. The van der Waals surface area contributed by atoms with Gasteiger partial charge in [0.2, 0.25) is 0 Å². The van der Waals surface area contributed by atoms with Crippen molar-refractivity contribution >= 4 is 17.5 Å². The molecule has 1 aromatic carbocycles. The van der Waals surface area contributed by atoms with Crippen molar-refractivity contribution in [2.45, 2.75) is 25.5 Å². The second kappa shape index (κ2) is 6.18. The maximum absolute atomic E-state index is 12.1. The van der Waals surface area contributed by atoms with Crippen LogP contribution in [0.2, 0.25) is 5.02 Å². The summed E-state index contributed by atoms with van der Waals surface area (Å²) in [5, 5.41) is 3.57. The van der Waals surface area contributed by atoms with Gasteiger partial charge in [0, 0.05) is 36.9 Å². The van der Waals surface area contributed by atoms with Crippen molar-refractivity contribution in [1.82, 2.24) is 14.9 Å². The van der Waals surface area contributed by atoms with Gasteiger partial charge in [-0.3, -0.25) is 4.79 Å². The quantitative estimate of drug-likeness (QED) is 0.860. The first kappa shape index (κ1) is 13.9. The monoisotopic (exact) mass is 305 g/mol. The van der Waals surface area contributed by atoms with Crippen molar-refractivity contribution in [3.8, 4) is 5.75 Å². The zero-order valence-electron chi connectivity index (χ0n) is 11.5. The molecular weight excluding hydrogens is 290 g/mol. The molecule has 3 rings (SSSR count). The highest BCUT2D eigenvalue weighted by molar-refractivity contribution is 6.30. The third kappa shape index (κ3) is 3.36. The van der Waals surface area contributed by atoms with Crippen LogP contribution < -0.4 is 10.1 Å². The summed E-state index contributed by atoms with van der Waals surface area (Å²) in [5.74, 6) is 0.672. The maximum Gasteiger partial charge on any atom is 0.261 e. The summed E-state index contributed by atoms with van der Waals surface area (Å²) in [5.41, 5.74) is 0.987. The standard InChI is InChI=1S/C15H16ClN3O2/c16-12-2-3-13-11(8-12)9-14(21-13)15(20)18-4-1-6-19-7-5-17-10-19/h2-3,5,7-8,10,14H,1,4,6,9H2,(H,18,20)/t14-/m1/s1. The number of rotatable bonds is 5. The van der Waals surface area contributed by atoms with Crippen LogP contribution in [0.4, 0.5) is 0 Å². The van der Waals surface area contributed by atoms with Crippen molar-refractivity contribution in [3.63, 3.8) is 0 Å². The average molecular weight is 306 g/mol. The van der Waals surface area contributed by atoms with E-state index in [1.807, 2.05) is 22.9 Å². The van der Waals surface area contributed by atoms with Gasteiger partial charge in [0.1, 0.15) is 5.75 Å². The number of nitrogens with zero attached hydrogens (tertiary/aromatic N) is 2. The molecule has 5 nitrogen and oxygen atoms in total. The lowest BCUT2D eigenvalue weighted by Gasteiger charge is -2.11. The van der Waals surface area contributed by atoms with E-state index in [2.05, 4.69) is 10.3 Å². The summed E-state index contributed by atoms with van der Waals surface area (Å²) in [4.78, 5) is 16.0. The number of carbonyl (C=O) groups excluding carboxylic acids is 1. The zero-order valence-corrected chi connectivity index (χ0v) is 12.2. The molecule has 2 aromatic rings. The number of amides is 1. The van der Waals surface area contributed by atoms with Gasteiger partial charge in [-0.15, -0.1) is 0 Å². The van der Waals surface area contributed by atoms with Crippen LogP contribution in [0.5, 0.6) is 5.75 Å². The normalized spacial score (nSPS) is 16.3. The van der Waals surface area contributed by atoms with Crippen LogP contribution >= 0.6 is 11.6 Å². The van der Waals surface area contributed by atoms with Gasteiger partial charge in [-0.25, -0.2) is 4.98 Å². The average Bonchev–Trinajstić information content (AvgIpc) is 3.11. The molecule has 1 aliphatic rings. The number of aromatic nitrogens is 2. The minimum Gasteiger partial charge on any atom is -0.480 e. The number of fused-ring (bicyclic) bond motifs is 1. The van der Waals surface area contributed by atoms with Crippen LogP contribution in [0.1, 0.15) is 12.0 Å². The smallest absolute Gasteiger partial charge is 0.261 e. The van der Waals surface area contributed by atoms with Gasteiger partial charge in [-0.1, -0.05) is 11.6 Å². The predicted octanol–water partition coefficient (Wildman–Crippen LogP) is 2.05. The number of carbonyl (C=O) groups is 1. The Morgan fingerprint density at radius 2 is 2.43 bits per heavy atom. The molecule has 6 heteroatoms. The Hall–Kier alpha value is -2.01. The third-order valence-corrected chi connectivity index (χ3v) is 3.68. The minimum absolute atomic E-state index is 0.0760. The minimum atomic E-state index is -0.452. The molecule has 1 amide bonds. The highest BCUT2D eigenvalue weighted by Crippen LogP contribution is 2.31. The second-order valence-electron chi connectivity index (χ2n) is 5.01. The molecule has 1 atom stereocenters. The second-order valence-corrected chi connectivity index (χ2v) is 5.44. The number of hydrogen-bond acceptors (Lipinski definition) is 3. The molecule has 0 radical (unpaired) electrons. The van der Waals surface area contributed by atoms with Crippen LogP contribution in [0, 0.1) is 0 Å². The Balaban J connectivity index is 1.45. The molecule has 1 aromatic heterocycles. The van der Waals surface area contributed by atoms with Crippen LogP contribution in [0.3, 0.4) is 0 Å². The van der Waals surface area contributed by atoms with E-state index in [0.29, 0.717) is 18.0 Å². The molecule has 110 valence electrons. The summed E-state index contributed by atoms with van der Waals surface area (Å²) in [6.45, 7) is 1.45. The van der Waals surface area contributed by atoms with Crippen LogP contribution in [0.15, 0.2) is 36.9 Å². The van der Waals surface area contributed by atoms with Crippen molar-refractivity contribution in [1.29, 1.82) is 0 Å². The number of imidazole rings is 1. The van der Waals surface area contributed by atoms with Crippen LogP contribution in [0.25, 0.3) is 0 Å². The Morgan fingerprint density at radius 3 is 3.24 bits per heavy atom. The topological polar surface area (TPSA) is 56.2 Å². The van der Waals surface area contributed by atoms with Gasteiger partial charge in [0.25, 0.3) is 5.91 Å². The Labute approximate surface area is 127 Å². The fourth-order valence-electron chi connectivity index (χ4n) is 2.37. The lowest BCUT2D eigenvalue weighted by atomic mass is 10.1. The molecule has 21 heavy (non-hydrogen) atoms. The number of nitrogens with one attached hydrogen (secondary N) is 1. The molecule has 0 aliphatic carbocycles.